The second-order valence-electron chi connectivity index (χ2n) is 6.11. The predicted octanol–water partition coefficient (Wildman–Crippen LogP) is 1.01. The molecule has 2 aliphatic heterocycles. The molecule has 1 N–H and O–H groups in total. The number of fused-ring (bicyclic) bond motifs is 1. The number of nitrogens with one attached hydrogen (secondary N) is 1. The molecular formula is C17H23N3O3. The molecule has 0 aromatic heterocycles. The number of piperazine rings is 1. The average molecular weight is 317 g/mol. The number of amides is 2. The monoisotopic (exact) mass is 317 g/mol. The highest BCUT2D eigenvalue weighted by molar-refractivity contribution is 6.00. The summed E-state index contributed by atoms with van der Waals surface area (Å²) in [7, 11) is 0. The summed E-state index contributed by atoms with van der Waals surface area (Å²) in [5.74, 6) is 0.705. The maximum atomic E-state index is 12.5. The standard InChI is InChI=1S/C17H23N3O3/c1-12-11-18-8-10-19(12)16(21)7-9-20-14-5-3-4-6-15(14)23-13(2)17(20)22/h3-6,12-13,18H,7-11H2,1-2H3. The lowest BCUT2D eigenvalue weighted by atomic mass is 10.1. The van der Waals surface area contributed by atoms with Gasteiger partial charge in [-0.3, -0.25) is 9.59 Å². The first-order valence-corrected chi connectivity index (χ1v) is 8.15. The molecule has 0 aliphatic carbocycles. The van der Waals surface area contributed by atoms with Crippen molar-refractivity contribution in [3.05, 3.63) is 24.3 Å². The molecule has 0 radical (unpaired) electrons. The lowest BCUT2D eigenvalue weighted by Gasteiger charge is -2.36. The van der Waals surface area contributed by atoms with E-state index in [2.05, 4.69) is 5.32 Å². The van der Waals surface area contributed by atoms with E-state index >= 15 is 0 Å². The summed E-state index contributed by atoms with van der Waals surface area (Å²) in [6.45, 7) is 6.55. The summed E-state index contributed by atoms with van der Waals surface area (Å²) in [6.07, 6.45) is -0.185. The molecule has 2 heterocycles. The molecule has 2 unspecified atom stereocenters. The molecule has 1 aromatic carbocycles. The number of benzene rings is 1. The molecule has 2 aliphatic rings. The topological polar surface area (TPSA) is 61.9 Å². The molecule has 23 heavy (non-hydrogen) atoms. The number of anilines is 1. The van der Waals surface area contributed by atoms with Crippen LogP contribution < -0.4 is 15.0 Å². The van der Waals surface area contributed by atoms with Gasteiger partial charge in [-0.2, -0.15) is 0 Å². The van der Waals surface area contributed by atoms with Gasteiger partial charge in [-0.1, -0.05) is 12.1 Å². The van der Waals surface area contributed by atoms with E-state index in [1.54, 1.807) is 11.8 Å². The van der Waals surface area contributed by atoms with Crippen molar-refractivity contribution in [3.8, 4) is 5.75 Å². The summed E-state index contributed by atoms with van der Waals surface area (Å²) in [5, 5.41) is 3.28. The van der Waals surface area contributed by atoms with E-state index in [0.717, 1.165) is 25.3 Å². The van der Waals surface area contributed by atoms with Crippen LogP contribution in [-0.4, -0.2) is 55.0 Å². The van der Waals surface area contributed by atoms with Crippen molar-refractivity contribution >= 4 is 17.5 Å². The number of carbonyl (C=O) groups excluding carboxylic acids is 2. The SMILES string of the molecule is CC1Oc2ccccc2N(CCC(=O)N2CCNCC2C)C1=O. The molecule has 6 nitrogen and oxygen atoms in total. The molecule has 1 fully saturated rings. The van der Waals surface area contributed by atoms with Crippen LogP contribution in [0.4, 0.5) is 5.69 Å². The summed E-state index contributed by atoms with van der Waals surface area (Å²) in [5.41, 5.74) is 0.747. The average Bonchev–Trinajstić information content (AvgIpc) is 2.55. The summed E-state index contributed by atoms with van der Waals surface area (Å²) in [4.78, 5) is 28.5. The molecule has 0 bridgehead atoms. The van der Waals surface area contributed by atoms with E-state index < -0.39 is 6.10 Å². The van der Waals surface area contributed by atoms with Crippen molar-refractivity contribution < 1.29 is 14.3 Å². The summed E-state index contributed by atoms with van der Waals surface area (Å²) in [6, 6.07) is 7.66. The van der Waals surface area contributed by atoms with Crippen molar-refractivity contribution in [1.82, 2.24) is 10.2 Å². The van der Waals surface area contributed by atoms with E-state index in [0.29, 0.717) is 18.7 Å². The normalized spacial score (nSPS) is 24.2. The highest BCUT2D eigenvalue weighted by Gasteiger charge is 2.32. The van der Waals surface area contributed by atoms with Gasteiger partial charge in [0, 0.05) is 38.6 Å². The van der Waals surface area contributed by atoms with Crippen LogP contribution in [-0.2, 0) is 9.59 Å². The molecule has 124 valence electrons. The first kappa shape index (κ1) is 15.8. The fourth-order valence-electron chi connectivity index (χ4n) is 3.15. The summed E-state index contributed by atoms with van der Waals surface area (Å²) < 4.78 is 5.62. The molecule has 0 spiro atoms. The van der Waals surface area contributed by atoms with Gasteiger partial charge in [-0.25, -0.2) is 0 Å². The van der Waals surface area contributed by atoms with Crippen LogP contribution in [0.25, 0.3) is 0 Å². The highest BCUT2D eigenvalue weighted by atomic mass is 16.5. The van der Waals surface area contributed by atoms with Crippen LogP contribution in [0, 0.1) is 0 Å². The van der Waals surface area contributed by atoms with Crippen LogP contribution in [0.5, 0.6) is 5.75 Å². The lowest BCUT2D eigenvalue weighted by molar-refractivity contribution is -0.133. The Hall–Kier alpha value is -2.08. The van der Waals surface area contributed by atoms with Gasteiger partial charge in [-0.15, -0.1) is 0 Å². The zero-order valence-electron chi connectivity index (χ0n) is 13.6. The first-order valence-electron chi connectivity index (χ1n) is 8.15. The quantitative estimate of drug-likeness (QED) is 0.904. The third-order valence-electron chi connectivity index (χ3n) is 4.44. The fraction of sp³-hybridized carbons (Fsp3) is 0.529. The molecule has 2 atom stereocenters. The zero-order valence-corrected chi connectivity index (χ0v) is 13.6. The van der Waals surface area contributed by atoms with Crippen LogP contribution >= 0.6 is 0 Å². The Morgan fingerprint density at radius 1 is 1.35 bits per heavy atom. The maximum Gasteiger partial charge on any atom is 0.267 e. The number of hydrogen-bond acceptors (Lipinski definition) is 4. The van der Waals surface area contributed by atoms with Crippen molar-refractivity contribution in [3.63, 3.8) is 0 Å². The van der Waals surface area contributed by atoms with Gasteiger partial charge in [0.1, 0.15) is 5.75 Å². The van der Waals surface area contributed by atoms with Crippen LogP contribution in [0.2, 0.25) is 0 Å². The van der Waals surface area contributed by atoms with Crippen molar-refractivity contribution in [2.24, 2.45) is 0 Å². The third-order valence-corrected chi connectivity index (χ3v) is 4.44. The smallest absolute Gasteiger partial charge is 0.267 e. The Balaban J connectivity index is 1.69. The van der Waals surface area contributed by atoms with E-state index in [-0.39, 0.29) is 17.9 Å². The van der Waals surface area contributed by atoms with Gasteiger partial charge in [0.25, 0.3) is 5.91 Å². The number of nitrogens with zero attached hydrogens (tertiary/aromatic N) is 2. The van der Waals surface area contributed by atoms with Gasteiger partial charge in [0.2, 0.25) is 5.91 Å². The lowest BCUT2D eigenvalue weighted by Crippen LogP contribution is -2.53. The number of carbonyl (C=O) groups is 2. The summed E-state index contributed by atoms with van der Waals surface area (Å²) >= 11 is 0. The highest BCUT2D eigenvalue weighted by Crippen LogP contribution is 2.33. The third kappa shape index (κ3) is 3.17. The van der Waals surface area contributed by atoms with Crippen molar-refractivity contribution in [1.29, 1.82) is 0 Å². The van der Waals surface area contributed by atoms with Gasteiger partial charge in [0.15, 0.2) is 6.10 Å². The van der Waals surface area contributed by atoms with Crippen molar-refractivity contribution in [2.45, 2.75) is 32.4 Å². The van der Waals surface area contributed by atoms with E-state index in [4.69, 9.17) is 4.74 Å². The van der Waals surface area contributed by atoms with Crippen LogP contribution in [0.15, 0.2) is 24.3 Å². The van der Waals surface area contributed by atoms with Crippen LogP contribution in [0.3, 0.4) is 0 Å². The largest absolute Gasteiger partial charge is 0.479 e. The van der Waals surface area contributed by atoms with Crippen LogP contribution in [0.1, 0.15) is 20.3 Å². The molecule has 1 aromatic rings. The second-order valence-corrected chi connectivity index (χ2v) is 6.11. The minimum absolute atomic E-state index is 0.0927. The minimum Gasteiger partial charge on any atom is -0.479 e. The Morgan fingerprint density at radius 3 is 2.91 bits per heavy atom. The first-order chi connectivity index (χ1) is 11.1. The number of hydrogen-bond donors (Lipinski definition) is 1. The molecule has 0 saturated carbocycles. The number of para-hydroxylation sites is 2. The van der Waals surface area contributed by atoms with Crippen molar-refractivity contribution in [2.75, 3.05) is 31.1 Å². The Bertz CT molecular complexity index is 605. The maximum absolute atomic E-state index is 12.5. The minimum atomic E-state index is -0.516. The number of ether oxygens (including phenoxy) is 1. The van der Waals surface area contributed by atoms with E-state index in [9.17, 15) is 9.59 Å². The number of rotatable bonds is 3. The molecule has 6 heteroatoms. The predicted molar refractivity (Wildman–Crippen MR) is 87.5 cm³/mol. The Morgan fingerprint density at radius 2 is 2.13 bits per heavy atom. The zero-order chi connectivity index (χ0) is 16.4. The molecule has 2 amide bonds. The Labute approximate surface area is 136 Å². The van der Waals surface area contributed by atoms with Gasteiger partial charge in [-0.05, 0) is 26.0 Å². The second kappa shape index (κ2) is 6.58. The van der Waals surface area contributed by atoms with E-state index in [1.165, 1.54) is 0 Å². The molecular weight excluding hydrogens is 294 g/mol. The van der Waals surface area contributed by atoms with Gasteiger partial charge >= 0.3 is 0 Å². The van der Waals surface area contributed by atoms with Gasteiger partial charge in [0.05, 0.1) is 5.69 Å². The Kier molecular flexibility index (Phi) is 4.52. The van der Waals surface area contributed by atoms with Gasteiger partial charge < -0.3 is 19.9 Å². The van der Waals surface area contributed by atoms with E-state index in [1.807, 2.05) is 36.1 Å². The molecule has 1 saturated heterocycles. The fourth-order valence-corrected chi connectivity index (χ4v) is 3.15. The molecule has 3 rings (SSSR count).